The zero-order valence-electron chi connectivity index (χ0n) is 14.5. The van der Waals surface area contributed by atoms with E-state index in [9.17, 15) is 4.39 Å². The number of ether oxygens (including phenoxy) is 1. The molecule has 0 amide bonds. The van der Waals surface area contributed by atoms with Crippen LogP contribution in [0, 0.1) is 5.82 Å². The van der Waals surface area contributed by atoms with Crippen LogP contribution in [0.15, 0.2) is 47.5 Å². The number of aliphatic imine (C=N–C) groups is 1. The molecule has 0 saturated carbocycles. The van der Waals surface area contributed by atoms with E-state index in [1.54, 1.807) is 11.0 Å². The predicted molar refractivity (Wildman–Crippen MR) is 98.5 cm³/mol. The molecule has 0 bridgehead atoms. The van der Waals surface area contributed by atoms with E-state index in [-0.39, 0.29) is 11.9 Å². The minimum Gasteiger partial charge on any atom is -0.493 e. The van der Waals surface area contributed by atoms with Crippen molar-refractivity contribution in [3.8, 4) is 5.75 Å². The van der Waals surface area contributed by atoms with Gasteiger partial charge in [-0.1, -0.05) is 24.3 Å². The van der Waals surface area contributed by atoms with Gasteiger partial charge in [-0.3, -0.25) is 0 Å². The Balaban J connectivity index is 1.66. The van der Waals surface area contributed by atoms with Crippen molar-refractivity contribution < 1.29 is 9.13 Å². The summed E-state index contributed by atoms with van der Waals surface area (Å²) >= 11 is 0. The molecule has 3 rings (SSSR count). The van der Waals surface area contributed by atoms with Gasteiger partial charge in [0.25, 0.3) is 0 Å². The second kappa shape index (κ2) is 7.42. The van der Waals surface area contributed by atoms with Gasteiger partial charge >= 0.3 is 0 Å². The summed E-state index contributed by atoms with van der Waals surface area (Å²) in [4.78, 5) is 6.08. The van der Waals surface area contributed by atoms with Crippen LogP contribution in [-0.4, -0.2) is 26.7 Å². The molecular formula is C19H23FN4O. The van der Waals surface area contributed by atoms with E-state index in [0.717, 1.165) is 23.3 Å². The summed E-state index contributed by atoms with van der Waals surface area (Å²) in [6.45, 7) is 0.966. The smallest absolute Gasteiger partial charge is 0.189 e. The fraction of sp³-hybridized carbons (Fsp3) is 0.316. The first-order valence-corrected chi connectivity index (χ1v) is 8.28. The fourth-order valence-corrected chi connectivity index (χ4v) is 2.90. The molecule has 132 valence electrons. The van der Waals surface area contributed by atoms with Crippen molar-refractivity contribution in [1.29, 1.82) is 0 Å². The van der Waals surface area contributed by atoms with Crippen molar-refractivity contribution in [1.82, 2.24) is 5.32 Å². The molecule has 0 saturated heterocycles. The number of halogens is 1. The standard InChI is InChI=1S/C19H23FN4O/c1-24(2)17-8-7-13(11-15(17)20)12-22-19(21)23-16-9-10-25-18-6-4-3-5-14(16)18/h3-8,11,16H,9-10,12H2,1-2H3,(H3,21,22,23). The third kappa shape index (κ3) is 4.02. The van der Waals surface area contributed by atoms with Crippen molar-refractivity contribution >= 4 is 11.6 Å². The van der Waals surface area contributed by atoms with Crippen LogP contribution in [-0.2, 0) is 6.54 Å². The summed E-state index contributed by atoms with van der Waals surface area (Å²) in [6.07, 6.45) is 0.819. The Labute approximate surface area is 147 Å². The molecule has 25 heavy (non-hydrogen) atoms. The summed E-state index contributed by atoms with van der Waals surface area (Å²) in [6, 6.07) is 13.1. The number of fused-ring (bicyclic) bond motifs is 1. The first-order chi connectivity index (χ1) is 12.0. The highest BCUT2D eigenvalue weighted by atomic mass is 19.1. The lowest BCUT2D eigenvalue weighted by molar-refractivity contribution is 0.262. The Kier molecular flexibility index (Phi) is 5.07. The molecule has 5 nitrogen and oxygen atoms in total. The zero-order chi connectivity index (χ0) is 17.8. The average Bonchev–Trinajstić information content (AvgIpc) is 2.60. The van der Waals surface area contributed by atoms with Gasteiger partial charge in [-0.05, 0) is 23.8 Å². The molecule has 1 unspecified atom stereocenters. The van der Waals surface area contributed by atoms with Gasteiger partial charge in [0, 0.05) is 26.1 Å². The number of nitrogens with two attached hydrogens (primary N) is 1. The number of rotatable bonds is 4. The lowest BCUT2D eigenvalue weighted by Gasteiger charge is -2.26. The van der Waals surface area contributed by atoms with Crippen molar-refractivity contribution in [2.24, 2.45) is 10.7 Å². The van der Waals surface area contributed by atoms with Gasteiger partial charge in [0.2, 0.25) is 0 Å². The number of nitrogens with zero attached hydrogens (tertiary/aromatic N) is 2. The summed E-state index contributed by atoms with van der Waals surface area (Å²) in [5.74, 6) is 0.960. The van der Waals surface area contributed by atoms with E-state index in [4.69, 9.17) is 10.5 Å². The molecule has 1 aliphatic heterocycles. The molecule has 0 spiro atoms. The van der Waals surface area contributed by atoms with Gasteiger partial charge in [0.1, 0.15) is 11.6 Å². The molecule has 2 aromatic rings. The lowest BCUT2D eigenvalue weighted by atomic mass is 10.0. The van der Waals surface area contributed by atoms with E-state index in [0.29, 0.717) is 24.8 Å². The van der Waals surface area contributed by atoms with Crippen molar-refractivity contribution in [3.63, 3.8) is 0 Å². The van der Waals surface area contributed by atoms with Crippen LogP contribution in [0.1, 0.15) is 23.6 Å². The van der Waals surface area contributed by atoms with Crippen LogP contribution < -0.4 is 20.7 Å². The molecule has 3 N–H and O–H groups in total. The Morgan fingerprint density at radius 3 is 2.88 bits per heavy atom. The number of benzene rings is 2. The van der Waals surface area contributed by atoms with Gasteiger partial charge < -0.3 is 20.7 Å². The first kappa shape index (κ1) is 17.1. The molecule has 6 heteroatoms. The van der Waals surface area contributed by atoms with E-state index < -0.39 is 0 Å². The minimum atomic E-state index is -0.261. The predicted octanol–water partition coefficient (Wildman–Crippen LogP) is 2.82. The Bertz CT molecular complexity index is 776. The van der Waals surface area contributed by atoms with Gasteiger partial charge in [-0.25, -0.2) is 9.38 Å². The quantitative estimate of drug-likeness (QED) is 0.662. The average molecular weight is 342 g/mol. The normalized spacial score (nSPS) is 16.8. The van der Waals surface area contributed by atoms with E-state index in [1.807, 2.05) is 44.4 Å². The van der Waals surface area contributed by atoms with Crippen molar-refractivity contribution in [3.05, 3.63) is 59.4 Å². The largest absolute Gasteiger partial charge is 0.493 e. The molecule has 1 heterocycles. The highest BCUT2D eigenvalue weighted by Crippen LogP contribution is 2.31. The number of hydrogen-bond acceptors (Lipinski definition) is 3. The second-order valence-electron chi connectivity index (χ2n) is 6.25. The fourth-order valence-electron chi connectivity index (χ4n) is 2.90. The van der Waals surface area contributed by atoms with E-state index >= 15 is 0 Å². The molecule has 2 aromatic carbocycles. The maximum absolute atomic E-state index is 14.0. The highest BCUT2D eigenvalue weighted by Gasteiger charge is 2.21. The number of para-hydroxylation sites is 1. The van der Waals surface area contributed by atoms with E-state index in [1.165, 1.54) is 6.07 Å². The number of hydrogen-bond donors (Lipinski definition) is 2. The molecule has 0 radical (unpaired) electrons. The molecule has 1 aliphatic rings. The minimum absolute atomic E-state index is 0.0709. The summed E-state index contributed by atoms with van der Waals surface area (Å²) in [7, 11) is 3.62. The van der Waals surface area contributed by atoms with Crippen LogP contribution in [0.25, 0.3) is 0 Å². The monoisotopic (exact) mass is 342 g/mol. The van der Waals surface area contributed by atoms with Crippen LogP contribution in [0.2, 0.25) is 0 Å². The maximum Gasteiger partial charge on any atom is 0.189 e. The van der Waals surface area contributed by atoms with Crippen LogP contribution in [0.3, 0.4) is 0 Å². The molecule has 0 fully saturated rings. The van der Waals surface area contributed by atoms with Crippen molar-refractivity contribution in [2.75, 3.05) is 25.6 Å². The summed E-state index contributed by atoms with van der Waals surface area (Å²) in [5.41, 5.74) is 8.43. The number of nitrogens with one attached hydrogen (secondary N) is 1. The third-order valence-electron chi connectivity index (χ3n) is 4.21. The first-order valence-electron chi connectivity index (χ1n) is 8.28. The number of anilines is 1. The van der Waals surface area contributed by atoms with E-state index in [2.05, 4.69) is 10.3 Å². The van der Waals surface area contributed by atoms with Gasteiger partial charge in [-0.15, -0.1) is 0 Å². The van der Waals surface area contributed by atoms with Crippen molar-refractivity contribution in [2.45, 2.75) is 19.0 Å². The van der Waals surface area contributed by atoms with Crippen LogP contribution in [0.5, 0.6) is 5.75 Å². The van der Waals surface area contributed by atoms with Gasteiger partial charge in [-0.2, -0.15) is 0 Å². The SMILES string of the molecule is CN(C)c1ccc(CN=C(N)NC2CCOc3ccccc32)cc1F. The number of guanidine groups is 1. The Morgan fingerprint density at radius 2 is 2.12 bits per heavy atom. The Morgan fingerprint density at radius 1 is 1.32 bits per heavy atom. The van der Waals surface area contributed by atoms with Crippen LogP contribution >= 0.6 is 0 Å². The molecule has 0 aromatic heterocycles. The molecule has 1 atom stereocenters. The summed E-state index contributed by atoms with van der Waals surface area (Å²) in [5, 5.41) is 3.24. The third-order valence-corrected chi connectivity index (χ3v) is 4.21. The maximum atomic E-state index is 14.0. The van der Waals surface area contributed by atoms with Crippen LogP contribution in [0.4, 0.5) is 10.1 Å². The zero-order valence-corrected chi connectivity index (χ0v) is 14.5. The summed E-state index contributed by atoms with van der Waals surface area (Å²) < 4.78 is 19.7. The Hall–Kier alpha value is -2.76. The van der Waals surface area contributed by atoms with Gasteiger partial charge in [0.05, 0.1) is 24.9 Å². The lowest BCUT2D eigenvalue weighted by Crippen LogP contribution is -2.37. The van der Waals surface area contributed by atoms with Gasteiger partial charge in [0.15, 0.2) is 5.96 Å². The molecular weight excluding hydrogens is 319 g/mol. The topological polar surface area (TPSA) is 62.9 Å². The molecule has 0 aliphatic carbocycles. The highest BCUT2D eigenvalue weighted by molar-refractivity contribution is 5.78. The second-order valence-corrected chi connectivity index (χ2v) is 6.25.